The number of rotatable bonds is 3. The standard InChI is InChI=1S/C15H20N2O5S/c18-15-12(4-1-2-7-16-15)17-23(19,20)11-5-6-13-14(10-11)22-9-3-8-21-13/h5-6,10,12,17H,1-4,7-9H2,(H,16,18)/t12-/m1/s1. The Morgan fingerprint density at radius 3 is 2.70 bits per heavy atom. The molecule has 0 bridgehead atoms. The summed E-state index contributed by atoms with van der Waals surface area (Å²) in [4.78, 5) is 12.0. The lowest BCUT2D eigenvalue weighted by molar-refractivity contribution is -0.122. The first kappa shape index (κ1) is 16.1. The van der Waals surface area contributed by atoms with Crippen molar-refractivity contribution in [2.75, 3.05) is 19.8 Å². The number of ether oxygens (including phenoxy) is 2. The summed E-state index contributed by atoms with van der Waals surface area (Å²) in [6, 6.07) is 3.75. The van der Waals surface area contributed by atoms with Crippen molar-refractivity contribution in [3.63, 3.8) is 0 Å². The van der Waals surface area contributed by atoms with Crippen LogP contribution in [0.4, 0.5) is 0 Å². The van der Waals surface area contributed by atoms with Gasteiger partial charge in [0.1, 0.15) is 6.04 Å². The van der Waals surface area contributed by atoms with Crippen molar-refractivity contribution < 1.29 is 22.7 Å². The van der Waals surface area contributed by atoms with Crippen molar-refractivity contribution in [1.82, 2.24) is 10.0 Å². The van der Waals surface area contributed by atoms with E-state index in [4.69, 9.17) is 9.47 Å². The first-order valence-electron chi connectivity index (χ1n) is 7.76. The van der Waals surface area contributed by atoms with Crippen molar-refractivity contribution in [2.24, 2.45) is 0 Å². The van der Waals surface area contributed by atoms with Crippen LogP contribution in [0.2, 0.25) is 0 Å². The Morgan fingerprint density at radius 2 is 1.87 bits per heavy atom. The van der Waals surface area contributed by atoms with Crippen LogP contribution in [0, 0.1) is 0 Å². The van der Waals surface area contributed by atoms with Gasteiger partial charge in [0.05, 0.1) is 18.1 Å². The molecule has 2 aliphatic heterocycles. The third-order valence-corrected chi connectivity index (χ3v) is 5.33. The number of amides is 1. The van der Waals surface area contributed by atoms with Crippen LogP contribution < -0.4 is 19.5 Å². The van der Waals surface area contributed by atoms with E-state index in [1.165, 1.54) is 12.1 Å². The van der Waals surface area contributed by atoms with Gasteiger partial charge in [-0.15, -0.1) is 0 Å². The molecule has 1 fully saturated rings. The largest absolute Gasteiger partial charge is 0.490 e. The highest BCUT2D eigenvalue weighted by atomic mass is 32.2. The summed E-state index contributed by atoms with van der Waals surface area (Å²) in [7, 11) is -3.80. The van der Waals surface area contributed by atoms with Crippen molar-refractivity contribution in [1.29, 1.82) is 0 Å². The summed E-state index contributed by atoms with van der Waals surface area (Å²) in [6.45, 7) is 1.61. The summed E-state index contributed by atoms with van der Waals surface area (Å²) in [5.41, 5.74) is 0. The molecule has 0 radical (unpaired) electrons. The van der Waals surface area contributed by atoms with Crippen molar-refractivity contribution in [2.45, 2.75) is 36.6 Å². The number of fused-ring (bicyclic) bond motifs is 1. The quantitative estimate of drug-likeness (QED) is 0.849. The lowest BCUT2D eigenvalue weighted by Gasteiger charge is -2.16. The van der Waals surface area contributed by atoms with E-state index in [-0.39, 0.29) is 10.8 Å². The Kier molecular flexibility index (Phi) is 4.72. The minimum absolute atomic E-state index is 0.0683. The fourth-order valence-corrected chi connectivity index (χ4v) is 3.86. The summed E-state index contributed by atoms with van der Waals surface area (Å²) >= 11 is 0. The van der Waals surface area contributed by atoms with Gasteiger partial charge < -0.3 is 14.8 Å². The molecule has 7 nitrogen and oxygen atoms in total. The molecule has 1 amide bonds. The lowest BCUT2D eigenvalue weighted by Crippen LogP contribution is -2.45. The summed E-state index contributed by atoms with van der Waals surface area (Å²) in [6.07, 6.45) is 2.90. The van der Waals surface area contributed by atoms with Gasteiger partial charge in [-0.1, -0.05) is 0 Å². The van der Waals surface area contributed by atoms with Gasteiger partial charge in [0.25, 0.3) is 0 Å². The molecule has 1 saturated heterocycles. The van der Waals surface area contributed by atoms with Crippen molar-refractivity contribution in [3.05, 3.63) is 18.2 Å². The first-order chi connectivity index (χ1) is 11.1. The van der Waals surface area contributed by atoms with Crippen LogP contribution in [-0.4, -0.2) is 40.1 Å². The van der Waals surface area contributed by atoms with Crippen LogP contribution >= 0.6 is 0 Å². The zero-order valence-electron chi connectivity index (χ0n) is 12.7. The van der Waals surface area contributed by atoms with Gasteiger partial charge in [-0.2, -0.15) is 4.72 Å². The summed E-state index contributed by atoms with van der Waals surface area (Å²) in [5, 5.41) is 2.72. The minimum Gasteiger partial charge on any atom is -0.490 e. The molecular weight excluding hydrogens is 320 g/mol. The molecule has 23 heavy (non-hydrogen) atoms. The van der Waals surface area contributed by atoms with E-state index < -0.39 is 16.1 Å². The molecule has 1 aromatic carbocycles. The Balaban J connectivity index is 1.81. The molecule has 0 saturated carbocycles. The molecule has 1 atom stereocenters. The predicted octanol–water partition coefficient (Wildman–Crippen LogP) is 0.795. The number of nitrogens with one attached hydrogen (secondary N) is 2. The van der Waals surface area contributed by atoms with Crippen LogP contribution in [0.25, 0.3) is 0 Å². The second kappa shape index (κ2) is 6.76. The van der Waals surface area contributed by atoms with Gasteiger partial charge in [0, 0.05) is 19.0 Å². The maximum absolute atomic E-state index is 12.5. The summed E-state index contributed by atoms with van der Waals surface area (Å²) < 4.78 is 38.6. The van der Waals surface area contributed by atoms with Gasteiger partial charge in [0.15, 0.2) is 11.5 Å². The van der Waals surface area contributed by atoms with Gasteiger partial charge in [-0.05, 0) is 31.4 Å². The number of hydrogen-bond acceptors (Lipinski definition) is 5. The third-order valence-electron chi connectivity index (χ3n) is 3.86. The molecular formula is C15H20N2O5S. The molecule has 8 heteroatoms. The molecule has 3 rings (SSSR count). The van der Waals surface area contributed by atoms with Crippen molar-refractivity contribution >= 4 is 15.9 Å². The number of carbonyl (C=O) groups is 1. The molecule has 0 aromatic heterocycles. The fourth-order valence-electron chi connectivity index (χ4n) is 2.62. The van der Waals surface area contributed by atoms with E-state index >= 15 is 0 Å². The maximum Gasteiger partial charge on any atom is 0.241 e. The lowest BCUT2D eigenvalue weighted by atomic mass is 10.1. The molecule has 1 aromatic rings. The summed E-state index contributed by atoms with van der Waals surface area (Å²) in [5.74, 6) is 0.671. The zero-order chi connectivity index (χ0) is 16.3. The second-order valence-electron chi connectivity index (χ2n) is 5.62. The third kappa shape index (κ3) is 3.76. The van der Waals surface area contributed by atoms with E-state index in [1.54, 1.807) is 6.07 Å². The van der Waals surface area contributed by atoms with E-state index in [2.05, 4.69) is 10.0 Å². The topological polar surface area (TPSA) is 93.7 Å². The predicted molar refractivity (Wildman–Crippen MR) is 83.0 cm³/mol. The van der Waals surface area contributed by atoms with Crippen LogP contribution in [-0.2, 0) is 14.8 Å². The van der Waals surface area contributed by atoms with E-state index in [0.717, 1.165) is 19.3 Å². The normalized spacial score (nSPS) is 21.9. The van der Waals surface area contributed by atoms with Crippen LogP contribution in [0.15, 0.2) is 23.1 Å². The molecule has 0 spiro atoms. The zero-order valence-corrected chi connectivity index (χ0v) is 13.5. The van der Waals surface area contributed by atoms with E-state index in [9.17, 15) is 13.2 Å². The highest BCUT2D eigenvalue weighted by Crippen LogP contribution is 2.32. The molecule has 2 N–H and O–H groups in total. The van der Waals surface area contributed by atoms with Crippen LogP contribution in [0.3, 0.4) is 0 Å². The fraction of sp³-hybridized carbons (Fsp3) is 0.533. The Hall–Kier alpha value is -1.80. The number of sulfonamides is 1. The van der Waals surface area contributed by atoms with E-state index in [1.807, 2.05) is 0 Å². The SMILES string of the molecule is O=C1NCCCC[C@H]1NS(=O)(=O)c1ccc2c(c1)OCCCO2. The minimum atomic E-state index is -3.80. The maximum atomic E-state index is 12.5. The van der Waals surface area contributed by atoms with Crippen LogP contribution in [0.1, 0.15) is 25.7 Å². The van der Waals surface area contributed by atoms with Crippen LogP contribution in [0.5, 0.6) is 11.5 Å². The van der Waals surface area contributed by atoms with Gasteiger partial charge in [-0.3, -0.25) is 4.79 Å². The number of carbonyl (C=O) groups excluding carboxylic acids is 1. The van der Waals surface area contributed by atoms with Gasteiger partial charge >= 0.3 is 0 Å². The average Bonchev–Trinajstić information content (AvgIpc) is 2.87. The van der Waals surface area contributed by atoms with Crippen molar-refractivity contribution in [3.8, 4) is 11.5 Å². The first-order valence-corrected chi connectivity index (χ1v) is 9.24. The highest BCUT2D eigenvalue weighted by molar-refractivity contribution is 7.89. The Labute approximate surface area is 135 Å². The molecule has 2 aliphatic rings. The highest BCUT2D eigenvalue weighted by Gasteiger charge is 2.27. The molecule has 2 heterocycles. The van der Waals surface area contributed by atoms with E-state index in [0.29, 0.717) is 37.7 Å². The molecule has 126 valence electrons. The molecule has 0 unspecified atom stereocenters. The second-order valence-corrected chi connectivity index (χ2v) is 7.33. The number of hydrogen-bond donors (Lipinski definition) is 2. The van der Waals surface area contributed by atoms with Gasteiger partial charge in [0.2, 0.25) is 15.9 Å². The Bertz CT molecular complexity index is 689. The monoisotopic (exact) mass is 340 g/mol. The van der Waals surface area contributed by atoms with Gasteiger partial charge in [-0.25, -0.2) is 8.42 Å². The number of benzene rings is 1. The average molecular weight is 340 g/mol. The smallest absolute Gasteiger partial charge is 0.241 e. The molecule has 0 aliphatic carbocycles. The Morgan fingerprint density at radius 1 is 1.09 bits per heavy atom.